The zero-order valence-electron chi connectivity index (χ0n) is 14.4. The van der Waals surface area contributed by atoms with E-state index in [2.05, 4.69) is 31.3 Å². The van der Waals surface area contributed by atoms with Crippen molar-refractivity contribution in [3.63, 3.8) is 0 Å². The highest BCUT2D eigenvalue weighted by Crippen LogP contribution is 2.28. The maximum absolute atomic E-state index is 12.3. The van der Waals surface area contributed by atoms with Crippen LogP contribution in [-0.4, -0.2) is 29.8 Å². The van der Waals surface area contributed by atoms with E-state index < -0.39 is 6.10 Å². The Morgan fingerprint density at radius 2 is 2.09 bits per heavy atom. The summed E-state index contributed by atoms with van der Waals surface area (Å²) in [5.41, 5.74) is 2.22. The zero-order chi connectivity index (χ0) is 17.0. The first-order valence-electron chi connectivity index (χ1n) is 8.27. The summed E-state index contributed by atoms with van der Waals surface area (Å²) in [5.74, 6) is 1.12. The molecule has 0 fully saturated rings. The van der Waals surface area contributed by atoms with Gasteiger partial charge >= 0.3 is 0 Å². The molecule has 0 saturated heterocycles. The van der Waals surface area contributed by atoms with Crippen LogP contribution in [0.25, 0.3) is 0 Å². The highest BCUT2D eigenvalue weighted by Gasteiger charge is 2.23. The second-order valence-corrected chi connectivity index (χ2v) is 6.63. The fourth-order valence-electron chi connectivity index (χ4n) is 2.78. The van der Waals surface area contributed by atoms with Crippen molar-refractivity contribution in [2.75, 3.05) is 6.61 Å². The highest BCUT2D eigenvalue weighted by atomic mass is 16.5. The van der Waals surface area contributed by atoms with Gasteiger partial charge in [0.05, 0.1) is 0 Å². The van der Waals surface area contributed by atoms with E-state index in [1.54, 1.807) is 6.92 Å². The second kappa shape index (κ2) is 7.64. The molecule has 0 aromatic heterocycles. The Balaban J connectivity index is 1.99. The summed E-state index contributed by atoms with van der Waals surface area (Å²) in [7, 11) is 0. The summed E-state index contributed by atoms with van der Waals surface area (Å²) in [6.45, 7) is 8.13. The quantitative estimate of drug-likeness (QED) is 0.793. The molecule has 0 heterocycles. The second-order valence-electron chi connectivity index (χ2n) is 6.63. The number of benzene rings is 1. The van der Waals surface area contributed by atoms with Gasteiger partial charge in [0.25, 0.3) is 5.91 Å². The van der Waals surface area contributed by atoms with Crippen molar-refractivity contribution in [2.45, 2.75) is 52.2 Å². The van der Waals surface area contributed by atoms with Crippen LogP contribution in [0.1, 0.15) is 44.2 Å². The minimum atomic E-state index is -0.559. The number of carbonyl (C=O) groups is 1. The van der Waals surface area contributed by atoms with Crippen LogP contribution in [0.2, 0.25) is 0 Å². The number of hydrogen-bond acceptors (Lipinski definition) is 3. The molecule has 3 atom stereocenters. The van der Waals surface area contributed by atoms with Gasteiger partial charge < -0.3 is 15.2 Å². The van der Waals surface area contributed by atoms with Gasteiger partial charge in [-0.05, 0) is 43.4 Å². The standard InChI is InChI=1S/C19H27NO3/c1-12(2)17-8-5-13(3)9-18(17)23-14(4)19(22)20-16-7-6-15(10-16)11-21/h5-9,12,14-16,21H,10-11H2,1-4H3,(H,20,22)/t14?,15-,16+/m0/s1. The molecule has 0 bridgehead atoms. The summed E-state index contributed by atoms with van der Waals surface area (Å²) in [6, 6.07) is 6.08. The molecule has 1 aliphatic carbocycles. The molecule has 0 saturated carbocycles. The van der Waals surface area contributed by atoms with Gasteiger partial charge in [0.15, 0.2) is 6.10 Å². The van der Waals surface area contributed by atoms with E-state index in [1.165, 1.54) is 0 Å². The van der Waals surface area contributed by atoms with E-state index in [4.69, 9.17) is 9.84 Å². The van der Waals surface area contributed by atoms with E-state index in [-0.39, 0.29) is 24.5 Å². The van der Waals surface area contributed by atoms with Crippen LogP contribution in [0.5, 0.6) is 5.75 Å². The fourth-order valence-corrected chi connectivity index (χ4v) is 2.78. The molecule has 0 spiro atoms. The Kier molecular flexibility index (Phi) is 5.83. The van der Waals surface area contributed by atoms with Crippen LogP contribution in [0, 0.1) is 12.8 Å². The van der Waals surface area contributed by atoms with E-state index in [1.807, 2.05) is 25.1 Å². The first kappa shape index (κ1) is 17.5. The largest absolute Gasteiger partial charge is 0.481 e. The molecule has 1 amide bonds. The number of aliphatic hydroxyl groups excluding tert-OH is 1. The molecule has 1 unspecified atom stereocenters. The van der Waals surface area contributed by atoms with Crippen LogP contribution in [-0.2, 0) is 4.79 Å². The lowest BCUT2D eigenvalue weighted by Crippen LogP contribution is -2.41. The maximum Gasteiger partial charge on any atom is 0.261 e. The number of aryl methyl sites for hydroxylation is 1. The summed E-state index contributed by atoms with van der Waals surface area (Å²) >= 11 is 0. The third-order valence-electron chi connectivity index (χ3n) is 4.20. The molecule has 1 aliphatic rings. The van der Waals surface area contributed by atoms with Gasteiger partial charge in [0.1, 0.15) is 5.75 Å². The van der Waals surface area contributed by atoms with Gasteiger partial charge in [-0.15, -0.1) is 0 Å². The summed E-state index contributed by atoms with van der Waals surface area (Å²) in [6.07, 6.45) is 4.08. The molecule has 4 nitrogen and oxygen atoms in total. The van der Waals surface area contributed by atoms with Gasteiger partial charge in [0.2, 0.25) is 0 Å². The minimum absolute atomic E-state index is 0.0206. The van der Waals surface area contributed by atoms with Crippen molar-refractivity contribution in [3.05, 3.63) is 41.5 Å². The van der Waals surface area contributed by atoms with Crippen LogP contribution < -0.4 is 10.1 Å². The lowest BCUT2D eigenvalue weighted by atomic mass is 10.0. The molecule has 4 heteroatoms. The van der Waals surface area contributed by atoms with Gasteiger partial charge in [-0.25, -0.2) is 0 Å². The molecule has 126 valence electrons. The van der Waals surface area contributed by atoms with E-state index in [9.17, 15) is 4.79 Å². The number of aliphatic hydroxyl groups is 1. The van der Waals surface area contributed by atoms with Crippen LogP contribution in [0.15, 0.2) is 30.4 Å². The number of hydrogen-bond donors (Lipinski definition) is 2. The van der Waals surface area contributed by atoms with Crippen molar-refractivity contribution in [1.82, 2.24) is 5.32 Å². The van der Waals surface area contributed by atoms with Crippen LogP contribution in [0.4, 0.5) is 0 Å². The van der Waals surface area contributed by atoms with Crippen molar-refractivity contribution in [2.24, 2.45) is 5.92 Å². The zero-order valence-corrected chi connectivity index (χ0v) is 14.4. The Morgan fingerprint density at radius 1 is 1.35 bits per heavy atom. The number of rotatable bonds is 6. The summed E-state index contributed by atoms with van der Waals surface area (Å²) in [5, 5.41) is 12.1. The number of amides is 1. The van der Waals surface area contributed by atoms with Crippen LogP contribution in [0.3, 0.4) is 0 Å². The SMILES string of the molecule is Cc1ccc(C(C)C)c(OC(C)C(=O)N[C@@H]2C=C[C@H](CO)C2)c1. The smallest absolute Gasteiger partial charge is 0.261 e. The first-order chi connectivity index (χ1) is 10.9. The molecular weight excluding hydrogens is 290 g/mol. The molecule has 1 aromatic rings. The molecule has 2 N–H and O–H groups in total. The summed E-state index contributed by atoms with van der Waals surface area (Å²) in [4.78, 5) is 12.3. The van der Waals surface area contributed by atoms with E-state index in [0.717, 1.165) is 23.3 Å². The Labute approximate surface area is 138 Å². The van der Waals surface area contributed by atoms with Crippen LogP contribution >= 0.6 is 0 Å². The molecule has 23 heavy (non-hydrogen) atoms. The predicted octanol–water partition coefficient (Wildman–Crippen LogP) is 2.94. The fraction of sp³-hybridized carbons (Fsp3) is 0.526. The number of ether oxygens (including phenoxy) is 1. The van der Waals surface area contributed by atoms with Gasteiger partial charge in [0, 0.05) is 18.6 Å². The molecule has 2 rings (SSSR count). The third-order valence-corrected chi connectivity index (χ3v) is 4.20. The average molecular weight is 317 g/mol. The highest BCUT2D eigenvalue weighted by molar-refractivity contribution is 5.81. The lowest BCUT2D eigenvalue weighted by molar-refractivity contribution is -0.127. The summed E-state index contributed by atoms with van der Waals surface area (Å²) < 4.78 is 5.93. The monoisotopic (exact) mass is 317 g/mol. The number of nitrogens with one attached hydrogen (secondary N) is 1. The van der Waals surface area contributed by atoms with Gasteiger partial charge in [-0.3, -0.25) is 4.79 Å². The molecule has 0 radical (unpaired) electrons. The Morgan fingerprint density at radius 3 is 2.70 bits per heavy atom. The first-order valence-corrected chi connectivity index (χ1v) is 8.27. The third kappa shape index (κ3) is 4.58. The Hall–Kier alpha value is -1.81. The van der Waals surface area contributed by atoms with Crippen molar-refractivity contribution >= 4 is 5.91 Å². The van der Waals surface area contributed by atoms with Gasteiger partial charge in [-0.1, -0.05) is 38.1 Å². The van der Waals surface area contributed by atoms with Crippen molar-refractivity contribution in [1.29, 1.82) is 0 Å². The normalized spacial score (nSPS) is 21.5. The Bertz CT molecular complexity index is 580. The average Bonchev–Trinajstić information content (AvgIpc) is 2.94. The van der Waals surface area contributed by atoms with E-state index in [0.29, 0.717) is 5.92 Å². The topological polar surface area (TPSA) is 58.6 Å². The predicted molar refractivity (Wildman–Crippen MR) is 91.6 cm³/mol. The maximum atomic E-state index is 12.3. The van der Waals surface area contributed by atoms with Gasteiger partial charge in [-0.2, -0.15) is 0 Å². The minimum Gasteiger partial charge on any atom is -0.481 e. The molecule has 0 aliphatic heterocycles. The van der Waals surface area contributed by atoms with E-state index >= 15 is 0 Å². The van der Waals surface area contributed by atoms with Crippen molar-refractivity contribution in [3.8, 4) is 5.75 Å². The van der Waals surface area contributed by atoms with Crippen molar-refractivity contribution < 1.29 is 14.6 Å². The molecular formula is C19H27NO3. The number of carbonyl (C=O) groups excluding carboxylic acids is 1. The lowest BCUT2D eigenvalue weighted by Gasteiger charge is -2.21. The molecule has 1 aromatic carbocycles.